The Hall–Kier alpha value is -2.11. The van der Waals surface area contributed by atoms with Crippen LogP contribution in [0, 0.1) is 5.92 Å². The molecular weight excluding hydrogens is 234 g/mol. The minimum Gasteiger partial charge on any atom is -0.481 e. The Balaban J connectivity index is 1.78. The molecule has 0 radical (unpaired) electrons. The van der Waals surface area contributed by atoms with Gasteiger partial charge in [0.2, 0.25) is 0 Å². The fourth-order valence-electron chi connectivity index (χ4n) is 2.21. The second-order valence-electron chi connectivity index (χ2n) is 4.45. The molecule has 3 rings (SSSR count). The lowest BCUT2D eigenvalue weighted by Gasteiger charge is -2.17. The Morgan fingerprint density at radius 2 is 2.50 bits per heavy atom. The Morgan fingerprint density at radius 1 is 1.61 bits per heavy atom. The summed E-state index contributed by atoms with van der Waals surface area (Å²) in [4.78, 5) is 15.3. The third-order valence-electron chi connectivity index (χ3n) is 3.17. The quantitative estimate of drug-likeness (QED) is 0.878. The molecule has 94 valence electrons. The number of carboxylic acids is 1. The maximum Gasteiger partial charge on any atom is 0.307 e. The number of aryl methyl sites for hydroxylation is 1. The van der Waals surface area contributed by atoms with Crippen LogP contribution in [0.4, 0.5) is 0 Å². The van der Waals surface area contributed by atoms with Crippen LogP contribution >= 0.6 is 0 Å². The van der Waals surface area contributed by atoms with Crippen LogP contribution in [-0.2, 0) is 24.2 Å². The lowest BCUT2D eigenvalue weighted by Crippen LogP contribution is -2.26. The van der Waals surface area contributed by atoms with E-state index in [1.165, 1.54) is 0 Å². The number of rotatable bonds is 3. The molecule has 18 heavy (non-hydrogen) atoms. The summed E-state index contributed by atoms with van der Waals surface area (Å²) < 4.78 is 7.05. The van der Waals surface area contributed by atoms with Crippen LogP contribution in [0.3, 0.4) is 0 Å². The van der Waals surface area contributed by atoms with Crippen LogP contribution in [0.5, 0.6) is 0 Å². The number of aliphatic carboxylic acids is 1. The molecule has 0 bridgehead atoms. The second-order valence-corrected chi connectivity index (χ2v) is 4.45. The largest absolute Gasteiger partial charge is 0.481 e. The van der Waals surface area contributed by atoms with E-state index in [9.17, 15) is 4.79 Å². The molecule has 1 N–H and O–H groups in total. The summed E-state index contributed by atoms with van der Waals surface area (Å²) in [6.07, 6.45) is 3.24. The van der Waals surface area contributed by atoms with Crippen molar-refractivity contribution in [3.8, 4) is 0 Å². The van der Waals surface area contributed by atoms with Crippen molar-refractivity contribution in [1.29, 1.82) is 0 Å². The van der Waals surface area contributed by atoms with Crippen LogP contribution in [0.2, 0.25) is 0 Å². The molecule has 0 saturated carbocycles. The van der Waals surface area contributed by atoms with E-state index < -0.39 is 5.97 Å². The zero-order valence-electron chi connectivity index (χ0n) is 9.74. The molecule has 1 atom stereocenters. The minimum atomic E-state index is -0.753. The maximum atomic E-state index is 11.0. The highest BCUT2D eigenvalue weighted by Gasteiger charge is 2.26. The van der Waals surface area contributed by atoms with Crippen molar-refractivity contribution in [3.63, 3.8) is 0 Å². The molecule has 3 heterocycles. The van der Waals surface area contributed by atoms with Gasteiger partial charge in [0.1, 0.15) is 11.6 Å². The van der Waals surface area contributed by atoms with Gasteiger partial charge in [-0.3, -0.25) is 4.79 Å². The Morgan fingerprint density at radius 3 is 3.22 bits per heavy atom. The van der Waals surface area contributed by atoms with Gasteiger partial charge >= 0.3 is 5.97 Å². The first-order chi connectivity index (χ1) is 8.72. The summed E-state index contributed by atoms with van der Waals surface area (Å²) in [6, 6.07) is 3.70. The molecule has 6 heteroatoms. The number of hydrogen-bond acceptors (Lipinski definition) is 4. The van der Waals surface area contributed by atoms with E-state index in [1.54, 1.807) is 10.9 Å². The number of aromatic nitrogens is 3. The number of hydrogen-bond donors (Lipinski definition) is 1. The van der Waals surface area contributed by atoms with Crippen molar-refractivity contribution in [3.05, 3.63) is 35.8 Å². The summed E-state index contributed by atoms with van der Waals surface area (Å²) in [5, 5.41) is 13.4. The second kappa shape index (κ2) is 4.29. The zero-order chi connectivity index (χ0) is 12.5. The van der Waals surface area contributed by atoms with Gasteiger partial charge in [-0.05, 0) is 18.6 Å². The Labute approximate surface area is 103 Å². The predicted molar refractivity (Wildman–Crippen MR) is 61.0 cm³/mol. The van der Waals surface area contributed by atoms with E-state index in [1.807, 2.05) is 12.1 Å². The molecule has 6 nitrogen and oxygen atoms in total. The first-order valence-corrected chi connectivity index (χ1v) is 5.90. The van der Waals surface area contributed by atoms with E-state index in [-0.39, 0.29) is 5.92 Å². The van der Waals surface area contributed by atoms with Crippen LogP contribution in [0.15, 0.2) is 22.8 Å². The zero-order valence-corrected chi connectivity index (χ0v) is 9.74. The van der Waals surface area contributed by atoms with E-state index in [0.717, 1.165) is 11.6 Å². The monoisotopic (exact) mass is 247 g/mol. The SMILES string of the molecule is O=C(O)C1CCn2nc(Cc3ccco3)nc2C1. The van der Waals surface area contributed by atoms with Crippen molar-refractivity contribution in [2.75, 3.05) is 0 Å². The topological polar surface area (TPSA) is 81.1 Å². The molecule has 0 amide bonds. The van der Waals surface area contributed by atoms with E-state index >= 15 is 0 Å². The van der Waals surface area contributed by atoms with Crippen molar-refractivity contribution >= 4 is 5.97 Å². The van der Waals surface area contributed by atoms with Gasteiger partial charge in [0.15, 0.2) is 5.82 Å². The van der Waals surface area contributed by atoms with Gasteiger partial charge in [-0.2, -0.15) is 5.10 Å². The standard InChI is InChI=1S/C12H13N3O3/c16-12(17)8-3-4-15-11(6-8)13-10(14-15)7-9-2-1-5-18-9/h1-2,5,8H,3-4,6-7H2,(H,16,17). The molecule has 2 aromatic rings. The molecule has 1 aliphatic rings. The number of carbonyl (C=O) groups is 1. The average Bonchev–Trinajstić information content (AvgIpc) is 2.96. The van der Waals surface area contributed by atoms with E-state index in [0.29, 0.717) is 31.6 Å². The van der Waals surface area contributed by atoms with Gasteiger partial charge in [0.25, 0.3) is 0 Å². The molecule has 0 saturated heterocycles. The fourth-order valence-corrected chi connectivity index (χ4v) is 2.21. The third kappa shape index (κ3) is 2.01. The normalized spacial score (nSPS) is 18.6. The van der Waals surface area contributed by atoms with Crippen molar-refractivity contribution < 1.29 is 14.3 Å². The Kier molecular flexibility index (Phi) is 2.62. The average molecular weight is 247 g/mol. The minimum absolute atomic E-state index is 0.335. The number of furan rings is 1. The smallest absolute Gasteiger partial charge is 0.307 e. The lowest BCUT2D eigenvalue weighted by atomic mass is 9.98. The maximum absolute atomic E-state index is 11.0. The lowest BCUT2D eigenvalue weighted by molar-refractivity contribution is -0.142. The van der Waals surface area contributed by atoms with Gasteiger partial charge in [0, 0.05) is 13.0 Å². The van der Waals surface area contributed by atoms with E-state index in [4.69, 9.17) is 9.52 Å². The molecular formula is C12H13N3O3. The first kappa shape index (κ1) is 11.0. The van der Waals surface area contributed by atoms with Gasteiger partial charge in [-0.25, -0.2) is 9.67 Å². The van der Waals surface area contributed by atoms with Gasteiger partial charge in [-0.1, -0.05) is 0 Å². The predicted octanol–water partition coefficient (Wildman–Crippen LogP) is 1.11. The summed E-state index contributed by atoms with van der Waals surface area (Å²) in [5.74, 6) is 1.17. The molecule has 1 aliphatic heterocycles. The third-order valence-corrected chi connectivity index (χ3v) is 3.17. The molecule has 2 aromatic heterocycles. The summed E-state index contributed by atoms with van der Waals surface area (Å²) >= 11 is 0. The van der Waals surface area contributed by atoms with Gasteiger partial charge in [0.05, 0.1) is 18.6 Å². The van der Waals surface area contributed by atoms with Gasteiger partial charge < -0.3 is 9.52 Å². The summed E-state index contributed by atoms with van der Waals surface area (Å²) in [5.41, 5.74) is 0. The number of carboxylic acid groups (broad SMARTS) is 1. The number of nitrogens with zero attached hydrogens (tertiary/aromatic N) is 3. The van der Waals surface area contributed by atoms with Crippen molar-refractivity contribution in [2.45, 2.75) is 25.8 Å². The molecule has 0 aromatic carbocycles. The molecule has 1 unspecified atom stereocenters. The van der Waals surface area contributed by atoms with Crippen LogP contribution in [-0.4, -0.2) is 25.8 Å². The molecule has 0 spiro atoms. The Bertz CT molecular complexity index is 559. The first-order valence-electron chi connectivity index (χ1n) is 5.90. The van der Waals surface area contributed by atoms with Crippen molar-refractivity contribution in [2.24, 2.45) is 5.92 Å². The van der Waals surface area contributed by atoms with Gasteiger partial charge in [-0.15, -0.1) is 0 Å². The van der Waals surface area contributed by atoms with Crippen LogP contribution in [0.25, 0.3) is 0 Å². The van der Waals surface area contributed by atoms with Crippen LogP contribution < -0.4 is 0 Å². The highest BCUT2D eigenvalue weighted by atomic mass is 16.4. The highest BCUT2D eigenvalue weighted by molar-refractivity contribution is 5.70. The molecule has 0 aliphatic carbocycles. The summed E-state index contributed by atoms with van der Waals surface area (Å²) in [7, 11) is 0. The van der Waals surface area contributed by atoms with Crippen molar-refractivity contribution in [1.82, 2.24) is 14.8 Å². The summed E-state index contributed by atoms with van der Waals surface area (Å²) in [6.45, 7) is 0.622. The highest BCUT2D eigenvalue weighted by Crippen LogP contribution is 2.19. The molecule has 0 fully saturated rings. The van der Waals surface area contributed by atoms with Crippen LogP contribution in [0.1, 0.15) is 23.8 Å². The number of fused-ring (bicyclic) bond motifs is 1. The fraction of sp³-hybridized carbons (Fsp3) is 0.417. The van der Waals surface area contributed by atoms with E-state index in [2.05, 4.69) is 10.1 Å².